The Morgan fingerprint density at radius 1 is 1.33 bits per heavy atom. The molecule has 2 aliphatic heterocycles. The van der Waals surface area contributed by atoms with Crippen LogP contribution in [0.5, 0.6) is 0 Å². The lowest BCUT2D eigenvalue weighted by Crippen LogP contribution is -2.49. The van der Waals surface area contributed by atoms with Crippen LogP contribution in [0.4, 0.5) is 10.5 Å². The molecule has 0 radical (unpaired) electrons. The van der Waals surface area contributed by atoms with Crippen molar-refractivity contribution in [3.63, 3.8) is 0 Å². The number of anilines is 1. The van der Waals surface area contributed by atoms with Crippen LogP contribution in [-0.2, 0) is 0 Å². The first-order valence-electron chi connectivity index (χ1n) is 10.3. The topological polar surface area (TPSA) is 38.8 Å². The average molecular weight is 389 g/mol. The number of fused-ring (bicyclic) bond motifs is 2. The fourth-order valence-electron chi connectivity index (χ4n) is 5.36. The first-order valence-corrected chi connectivity index (χ1v) is 11.5. The van der Waals surface area contributed by atoms with E-state index in [4.69, 9.17) is 0 Å². The minimum Gasteiger partial charge on any atom is -0.324 e. The Bertz CT molecular complexity index is 720. The van der Waals surface area contributed by atoms with Gasteiger partial charge in [-0.05, 0) is 82.1 Å². The van der Waals surface area contributed by atoms with Crippen LogP contribution in [0.2, 0.25) is 0 Å². The molecule has 27 heavy (non-hydrogen) atoms. The van der Waals surface area contributed by atoms with Gasteiger partial charge in [0.25, 0.3) is 0 Å². The van der Waals surface area contributed by atoms with Gasteiger partial charge in [0.15, 0.2) is 0 Å². The minimum absolute atomic E-state index is 0.0106. The standard InChI is InChI=1S/C21H32N4OS/c1-5-24(6-2)21(26)22-25-13-14-10-18-16(8-7-9-23(18)3)17-11-15(27-4)12-19(25)20(14)17/h11-12,14,16,18H,5-10,13H2,1-4H3,(H,22,26)/t14?,16-,18-/m1/s1. The molecule has 2 amide bonds. The van der Waals surface area contributed by atoms with Crippen LogP contribution in [0.25, 0.3) is 0 Å². The summed E-state index contributed by atoms with van der Waals surface area (Å²) in [5, 5.41) is 2.13. The second kappa shape index (κ2) is 7.55. The van der Waals surface area contributed by atoms with Gasteiger partial charge >= 0.3 is 6.03 Å². The molecule has 3 aliphatic rings. The van der Waals surface area contributed by atoms with Gasteiger partial charge in [-0.2, -0.15) is 0 Å². The smallest absolute Gasteiger partial charge is 0.324 e. The second-order valence-electron chi connectivity index (χ2n) is 8.08. The molecule has 0 saturated carbocycles. The summed E-state index contributed by atoms with van der Waals surface area (Å²) in [6, 6.07) is 5.36. The van der Waals surface area contributed by atoms with E-state index in [2.05, 4.69) is 40.8 Å². The molecule has 0 aromatic heterocycles. The highest BCUT2D eigenvalue weighted by Crippen LogP contribution is 2.52. The summed E-state index contributed by atoms with van der Waals surface area (Å²) >= 11 is 1.80. The summed E-state index contributed by atoms with van der Waals surface area (Å²) < 4.78 is 0. The lowest BCUT2D eigenvalue weighted by molar-refractivity contribution is 0.135. The van der Waals surface area contributed by atoms with Gasteiger partial charge in [-0.1, -0.05) is 0 Å². The molecule has 1 N–H and O–H groups in total. The Morgan fingerprint density at radius 2 is 2.11 bits per heavy atom. The van der Waals surface area contributed by atoms with Crippen LogP contribution in [0.1, 0.15) is 56.1 Å². The fourth-order valence-corrected chi connectivity index (χ4v) is 5.83. The van der Waals surface area contributed by atoms with Gasteiger partial charge < -0.3 is 9.80 Å². The number of hydrogen-bond donors (Lipinski definition) is 1. The lowest BCUT2D eigenvalue weighted by atomic mass is 9.70. The van der Waals surface area contributed by atoms with Crippen molar-refractivity contribution in [1.82, 2.24) is 15.2 Å². The zero-order valence-electron chi connectivity index (χ0n) is 17.0. The first-order chi connectivity index (χ1) is 13.1. The van der Waals surface area contributed by atoms with Gasteiger partial charge in [0.1, 0.15) is 0 Å². The number of amides is 2. The minimum atomic E-state index is 0.0106. The molecule has 1 aromatic carbocycles. The molecule has 0 bridgehead atoms. The number of hydrazine groups is 1. The number of piperidine rings is 1. The maximum atomic E-state index is 12.7. The number of carbonyl (C=O) groups is 1. The molecule has 148 valence electrons. The molecular formula is C21H32N4OS. The van der Waals surface area contributed by atoms with Gasteiger partial charge in [0.05, 0.1) is 5.69 Å². The summed E-state index contributed by atoms with van der Waals surface area (Å²) in [7, 11) is 2.29. The molecule has 1 unspecified atom stereocenters. The number of nitrogens with one attached hydrogen (secondary N) is 1. The SMILES string of the molecule is CCN(CC)C(=O)NN1CC2C[C@@H]3[C@H](CCCN3C)c3cc(SC)cc1c32. The Hall–Kier alpha value is -1.40. The van der Waals surface area contributed by atoms with Gasteiger partial charge in [-0.15, -0.1) is 11.8 Å². The number of thioether (sulfide) groups is 1. The number of urea groups is 1. The molecular weight excluding hydrogens is 356 g/mol. The predicted octanol–water partition coefficient (Wildman–Crippen LogP) is 3.86. The summed E-state index contributed by atoms with van der Waals surface area (Å²) in [4.78, 5) is 18.4. The summed E-state index contributed by atoms with van der Waals surface area (Å²) in [5.41, 5.74) is 7.48. The quantitative estimate of drug-likeness (QED) is 0.795. The van der Waals surface area contributed by atoms with Crippen LogP contribution in [0.3, 0.4) is 0 Å². The van der Waals surface area contributed by atoms with Crippen molar-refractivity contribution < 1.29 is 4.79 Å². The fraction of sp³-hybridized carbons (Fsp3) is 0.667. The third-order valence-corrected chi connectivity index (χ3v) is 7.47. The van der Waals surface area contributed by atoms with Crippen LogP contribution in [-0.4, -0.2) is 61.4 Å². The summed E-state index contributed by atoms with van der Waals surface area (Å²) in [5.74, 6) is 1.16. The van der Waals surface area contributed by atoms with E-state index in [1.165, 1.54) is 42.0 Å². The number of carbonyl (C=O) groups excluding carboxylic acids is 1. The van der Waals surface area contributed by atoms with Crippen molar-refractivity contribution in [2.45, 2.75) is 55.9 Å². The van der Waals surface area contributed by atoms with Crippen LogP contribution in [0, 0.1) is 0 Å². The molecule has 1 saturated heterocycles. The first kappa shape index (κ1) is 18.9. The third-order valence-electron chi connectivity index (χ3n) is 6.76. The van der Waals surface area contributed by atoms with Crippen molar-refractivity contribution in [1.29, 1.82) is 0 Å². The van der Waals surface area contributed by atoms with Crippen molar-refractivity contribution >= 4 is 23.5 Å². The zero-order valence-corrected chi connectivity index (χ0v) is 17.8. The highest BCUT2D eigenvalue weighted by atomic mass is 32.2. The average Bonchev–Trinajstić information content (AvgIpc) is 3.01. The molecule has 2 heterocycles. The van der Waals surface area contributed by atoms with E-state index in [1.807, 2.05) is 18.7 Å². The Kier molecular flexibility index (Phi) is 5.30. The van der Waals surface area contributed by atoms with Gasteiger partial charge in [0.2, 0.25) is 0 Å². The van der Waals surface area contributed by atoms with Crippen molar-refractivity contribution in [2.24, 2.45) is 0 Å². The zero-order chi connectivity index (χ0) is 19.1. The normalized spacial score (nSPS) is 26.5. The molecule has 0 spiro atoms. The Labute approximate surface area is 167 Å². The molecule has 5 nitrogen and oxygen atoms in total. The second-order valence-corrected chi connectivity index (χ2v) is 8.96. The van der Waals surface area contributed by atoms with E-state index in [0.29, 0.717) is 17.9 Å². The number of nitrogens with zero attached hydrogens (tertiary/aromatic N) is 3. The summed E-state index contributed by atoms with van der Waals surface area (Å²) in [6.45, 7) is 7.63. The molecule has 1 aromatic rings. The van der Waals surface area contributed by atoms with E-state index in [9.17, 15) is 4.79 Å². The van der Waals surface area contributed by atoms with E-state index in [0.717, 1.165) is 19.6 Å². The summed E-state index contributed by atoms with van der Waals surface area (Å²) in [6.07, 6.45) is 5.92. The highest BCUT2D eigenvalue weighted by molar-refractivity contribution is 7.98. The van der Waals surface area contributed by atoms with Crippen LogP contribution in [0.15, 0.2) is 17.0 Å². The maximum absolute atomic E-state index is 12.7. The number of likely N-dealkylation sites (tertiary alicyclic amines) is 1. The van der Waals surface area contributed by atoms with Gasteiger partial charge in [-0.25, -0.2) is 10.2 Å². The third kappa shape index (κ3) is 3.21. The van der Waals surface area contributed by atoms with Crippen molar-refractivity contribution in [2.75, 3.05) is 44.5 Å². The Balaban J connectivity index is 1.69. The lowest BCUT2D eigenvalue weighted by Gasteiger charge is -2.44. The van der Waals surface area contributed by atoms with Crippen molar-refractivity contribution in [3.8, 4) is 0 Å². The van der Waals surface area contributed by atoms with E-state index in [1.54, 1.807) is 17.3 Å². The number of hydrogen-bond acceptors (Lipinski definition) is 4. The van der Waals surface area contributed by atoms with E-state index < -0.39 is 0 Å². The monoisotopic (exact) mass is 388 g/mol. The number of rotatable bonds is 4. The van der Waals surface area contributed by atoms with Crippen molar-refractivity contribution in [3.05, 3.63) is 23.3 Å². The number of benzene rings is 1. The van der Waals surface area contributed by atoms with Crippen LogP contribution >= 0.6 is 11.8 Å². The number of likely N-dealkylation sites (N-methyl/N-ethyl adjacent to an activating group) is 1. The Morgan fingerprint density at radius 3 is 2.81 bits per heavy atom. The van der Waals surface area contributed by atoms with Gasteiger partial charge in [-0.3, -0.25) is 5.01 Å². The molecule has 6 heteroatoms. The molecule has 4 rings (SSSR count). The van der Waals surface area contributed by atoms with Crippen LogP contribution < -0.4 is 10.4 Å². The van der Waals surface area contributed by atoms with E-state index in [-0.39, 0.29) is 6.03 Å². The predicted molar refractivity (Wildman–Crippen MR) is 113 cm³/mol. The highest BCUT2D eigenvalue weighted by Gasteiger charge is 2.44. The van der Waals surface area contributed by atoms with E-state index >= 15 is 0 Å². The molecule has 1 fully saturated rings. The molecule has 1 aliphatic carbocycles. The maximum Gasteiger partial charge on any atom is 0.336 e. The molecule has 3 atom stereocenters. The largest absolute Gasteiger partial charge is 0.336 e. The van der Waals surface area contributed by atoms with Gasteiger partial charge in [0, 0.05) is 36.5 Å².